The molecular formula is C16H27O10P. The maximum atomic E-state index is 12.0. The number of ether oxygens (including phenoxy) is 2. The smallest absolute Gasteiger partial charge is 0.445 e. The quantitative estimate of drug-likeness (QED) is 0.232. The van der Waals surface area contributed by atoms with Crippen LogP contribution >= 0.6 is 7.82 Å². The number of carbonyl (C=O) groups excluding carboxylic acids is 2. The molecule has 2 unspecified atom stereocenters. The monoisotopic (exact) mass is 410 g/mol. The summed E-state index contributed by atoms with van der Waals surface area (Å²) in [6.07, 6.45) is 1.35. The number of rotatable bonds is 13. The number of phosphoric acid groups is 1. The molecule has 0 aromatic rings. The van der Waals surface area contributed by atoms with Gasteiger partial charge in [0.05, 0.1) is 13.2 Å². The van der Waals surface area contributed by atoms with Crippen molar-refractivity contribution in [3.63, 3.8) is 0 Å². The lowest BCUT2D eigenvalue weighted by Gasteiger charge is -2.17. The molecular weight excluding hydrogens is 383 g/mol. The van der Waals surface area contributed by atoms with Gasteiger partial charge in [0.2, 0.25) is 5.76 Å². The molecule has 10 nitrogen and oxygen atoms in total. The highest BCUT2D eigenvalue weighted by Crippen LogP contribution is 2.47. The minimum atomic E-state index is -4.65. The summed E-state index contributed by atoms with van der Waals surface area (Å²) >= 11 is 0. The zero-order valence-corrected chi connectivity index (χ0v) is 16.4. The van der Waals surface area contributed by atoms with Crippen molar-refractivity contribution < 1.29 is 47.8 Å². The van der Waals surface area contributed by atoms with E-state index in [1.807, 2.05) is 0 Å². The van der Waals surface area contributed by atoms with Crippen LogP contribution in [0.3, 0.4) is 0 Å². The molecule has 0 aromatic heterocycles. The third-order valence-electron chi connectivity index (χ3n) is 3.65. The third kappa shape index (κ3) is 7.59. The summed E-state index contributed by atoms with van der Waals surface area (Å²) in [5, 5.41) is 18.9. The van der Waals surface area contributed by atoms with Crippen molar-refractivity contribution in [3.8, 4) is 0 Å². The maximum Gasteiger partial charge on any atom is 0.527 e. The molecule has 11 heteroatoms. The number of hydrogen-bond donors (Lipinski definition) is 3. The van der Waals surface area contributed by atoms with Crippen LogP contribution in [0.1, 0.15) is 52.4 Å². The van der Waals surface area contributed by atoms with Crippen LogP contribution in [0.4, 0.5) is 0 Å². The zero-order chi connectivity index (χ0) is 20.4. The molecule has 0 bridgehead atoms. The normalized spacial score (nSPS) is 20.2. The molecule has 0 saturated heterocycles. The van der Waals surface area contributed by atoms with Crippen LogP contribution in [-0.2, 0) is 32.7 Å². The predicted octanol–water partition coefficient (Wildman–Crippen LogP) is 1.53. The SMILES string of the molecule is CCCCCCCC(=O)OC1=C(OP(=O)(O)OCC)C(=O)O[C@@H]1C(O)CO. The Morgan fingerprint density at radius 2 is 1.93 bits per heavy atom. The van der Waals surface area contributed by atoms with Gasteiger partial charge >= 0.3 is 19.8 Å². The molecule has 1 aliphatic rings. The molecule has 3 atom stereocenters. The second-order valence-electron chi connectivity index (χ2n) is 5.89. The lowest BCUT2D eigenvalue weighted by Crippen LogP contribution is -2.33. The highest BCUT2D eigenvalue weighted by Gasteiger charge is 2.45. The summed E-state index contributed by atoms with van der Waals surface area (Å²) < 4.78 is 30.8. The molecule has 1 rings (SSSR count). The van der Waals surface area contributed by atoms with Gasteiger partial charge < -0.3 is 24.2 Å². The predicted molar refractivity (Wildman–Crippen MR) is 92.0 cm³/mol. The Morgan fingerprint density at radius 1 is 1.26 bits per heavy atom. The Hall–Kier alpha value is -1.45. The minimum absolute atomic E-state index is 0.0405. The first-order chi connectivity index (χ1) is 12.8. The van der Waals surface area contributed by atoms with Crippen molar-refractivity contribution in [2.24, 2.45) is 0 Å². The average molecular weight is 410 g/mol. The number of esters is 2. The van der Waals surface area contributed by atoms with Gasteiger partial charge in [-0.15, -0.1) is 0 Å². The van der Waals surface area contributed by atoms with Crippen LogP contribution in [0, 0.1) is 0 Å². The van der Waals surface area contributed by atoms with E-state index < -0.39 is 50.1 Å². The molecule has 0 fully saturated rings. The molecule has 1 aliphatic heterocycles. The van der Waals surface area contributed by atoms with Crippen LogP contribution < -0.4 is 0 Å². The highest BCUT2D eigenvalue weighted by atomic mass is 31.2. The van der Waals surface area contributed by atoms with Gasteiger partial charge in [0.25, 0.3) is 5.76 Å². The second-order valence-corrected chi connectivity index (χ2v) is 7.26. The first-order valence-electron chi connectivity index (χ1n) is 8.87. The van der Waals surface area contributed by atoms with E-state index in [0.717, 1.165) is 25.7 Å². The summed E-state index contributed by atoms with van der Waals surface area (Å²) in [4.78, 5) is 33.5. The highest BCUT2D eigenvalue weighted by molar-refractivity contribution is 7.47. The number of cyclic esters (lactones) is 1. The molecule has 1 heterocycles. The average Bonchev–Trinajstić information content (AvgIpc) is 2.89. The number of hydrogen-bond acceptors (Lipinski definition) is 9. The Morgan fingerprint density at radius 3 is 2.52 bits per heavy atom. The molecule has 0 amide bonds. The van der Waals surface area contributed by atoms with E-state index in [0.29, 0.717) is 6.42 Å². The summed E-state index contributed by atoms with van der Waals surface area (Å²) in [6.45, 7) is 2.52. The Labute approximate surface area is 157 Å². The third-order valence-corrected chi connectivity index (χ3v) is 4.64. The number of aliphatic hydroxyl groups excluding tert-OH is 2. The minimum Gasteiger partial charge on any atom is -0.445 e. The number of aliphatic hydroxyl groups is 2. The topological polar surface area (TPSA) is 149 Å². The maximum absolute atomic E-state index is 12.0. The Balaban J connectivity index is 2.90. The lowest BCUT2D eigenvalue weighted by molar-refractivity contribution is -0.151. The molecule has 0 aliphatic carbocycles. The van der Waals surface area contributed by atoms with E-state index >= 15 is 0 Å². The van der Waals surface area contributed by atoms with Gasteiger partial charge in [0.15, 0.2) is 6.10 Å². The van der Waals surface area contributed by atoms with Gasteiger partial charge in [-0.05, 0) is 13.3 Å². The van der Waals surface area contributed by atoms with E-state index in [1.165, 1.54) is 6.92 Å². The molecule has 156 valence electrons. The molecule has 0 aromatic carbocycles. The number of phosphoric ester groups is 1. The van der Waals surface area contributed by atoms with Gasteiger partial charge in [-0.25, -0.2) is 9.36 Å². The van der Waals surface area contributed by atoms with Gasteiger partial charge in [-0.1, -0.05) is 32.6 Å². The van der Waals surface area contributed by atoms with Crippen LogP contribution in [-0.4, -0.2) is 52.5 Å². The van der Waals surface area contributed by atoms with E-state index in [9.17, 15) is 24.2 Å². The second kappa shape index (κ2) is 11.4. The summed E-state index contributed by atoms with van der Waals surface area (Å²) in [7, 11) is -4.65. The van der Waals surface area contributed by atoms with Crippen molar-refractivity contribution in [3.05, 3.63) is 11.5 Å². The number of carbonyl (C=O) groups is 2. The van der Waals surface area contributed by atoms with Crippen LogP contribution in [0.5, 0.6) is 0 Å². The molecule has 27 heavy (non-hydrogen) atoms. The lowest BCUT2D eigenvalue weighted by atomic mass is 10.1. The molecule has 3 N–H and O–H groups in total. The fourth-order valence-corrected chi connectivity index (χ4v) is 3.11. The van der Waals surface area contributed by atoms with Gasteiger partial charge in [0.1, 0.15) is 6.10 Å². The molecule has 0 saturated carbocycles. The molecule has 0 radical (unpaired) electrons. The van der Waals surface area contributed by atoms with Crippen molar-refractivity contribution in [1.29, 1.82) is 0 Å². The standard InChI is InChI=1S/C16H27O10P/c1-3-5-6-7-8-9-12(19)24-14-13(11(18)10-17)25-16(20)15(14)26-27(21,22)23-4-2/h11,13,17-18H,3-10H2,1-2H3,(H,21,22)/t11?,13-/m1/s1. The van der Waals surface area contributed by atoms with Crippen molar-refractivity contribution >= 4 is 19.8 Å². The number of unbranched alkanes of at least 4 members (excludes halogenated alkanes) is 4. The van der Waals surface area contributed by atoms with Gasteiger partial charge in [0, 0.05) is 6.42 Å². The fourth-order valence-electron chi connectivity index (χ4n) is 2.34. The van der Waals surface area contributed by atoms with E-state index in [4.69, 9.17) is 14.6 Å². The zero-order valence-electron chi connectivity index (χ0n) is 15.5. The fraction of sp³-hybridized carbons (Fsp3) is 0.750. The van der Waals surface area contributed by atoms with Crippen LogP contribution in [0.2, 0.25) is 0 Å². The first kappa shape index (κ1) is 23.6. The van der Waals surface area contributed by atoms with Crippen molar-refractivity contribution in [2.75, 3.05) is 13.2 Å². The first-order valence-corrected chi connectivity index (χ1v) is 10.4. The van der Waals surface area contributed by atoms with E-state index in [1.54, 1.807) is 0 Å². The van der Waals surface area contributed by atoms with Crippen molar-refractivity contribution in [2.45, 2.75) is 64.6 Å². The van der Waals surface area contributed by atoms with Gasteiger partial charge in [-0.3, -0.25) is 14.2 Å². The summed E-state index contributed by atoms with van der Waals surface area (Å²) in [5.74, 6) is -3.34. The molecule has 0 spiro atoms. The van der Waals surface area contributed by atoms with E-state index in [-0.39, 0.29) is 13.0 Å². The van der Waals surface area contributed by atoms with Crippen LogP contribution in [0.25, 0.3) is 0 Å². The van der Waals surface area contributed by atoms with E-state index in [2.05, 4.69) is 16.0 Å². The summed E-state index contributed by atoms with van der Waals surface area (Å²) in [5.41, 5.74) is 0. The largest absolute Gasteiger partial charge is 0.527 e. The van der Waals surface area contributed by atoms with Gasteiger partial charge in [-0.2, -0.15) is 0 Å². The Kier molecular flexibility index (Phi) is 9.97. The van der Waals surface area contributed by atoms with Crippen LogP contribution in [0.15, 0.2) is 11.5 Å². The van der Waals surface area contributed by atoms with Crippen molar-refractivity contribution in [1.82, 2.24) is 0 Å². The Bertz CT molecular complexity index is 588. The summed E-state index contributed by atoms with van der Waals surface area (Å²) in [6, 6.07) is 0.